The highest BCUT2D eigenvalue weighted by Gasteiger charge is 2.15. The molecule has 0 saturated heterocycles. The molecule has 0 amide bonds. The molecule has 0 fully saturated rings. The maximum absolute atomic E-state index is 5.78. The Kier molecular flexibility index (Phi) is 3.54. The molecule has 90 valence electrons. The summed E-state index contributed by atoms with van der Waals surface area (Å²) in [6, 6.07) is 2.01. The number of rotatable bonds is 3. The minimum Gasteiger partial charge on any atom is -0.326 e. The molecule has 0 bridgehead atoms. The molecule has 2 N–H and O–H groups in total. The second-order valence-electron chi connectivity index (χ2n) is 4.38. The van der Waals surface area contributed by atoms with Gasteiger partial charge in [0.2, 0.25) is 0 Å². The molecule has 0 radical (unpaired) electrons. The first-order valence-corrected chi connectivity index (χ1v) is 6.55. The molecule has 2 aromatic heterocycles. The molecule has 0 spiro atoms. The van der Waals surface area contributed by atoms with Crippen LogP contribution in [0.5, 0.6) is 0 Å². The van der Waals surface area contributed by atoms with Crippen molar-refractivity contribution in [1.82, 2.24) is 9.97 Å². The zero-order valence-electron chi connectivity index (χ0n) is 10.4. The number of pyridine rings is 1. The summed E-state index contributed by atoms with van der Waals surface area (Å²) in [5, 5.41) is 1.05. The zero-order valence-corrected chi connectivity index (χ0v) is 11.2. The van der Waals surface area contributed by atoms with Gasteiger partial charge in [-0.05, 0) is 24.5 Å². The third kappa shape index (κ3) is 2.37. The maximum Gasteiger partial charge on any atom is 0.124 e. The molecule has 3 nitrogen and oxygen atoms in total. The first kappa shape index (κ1) is 12.2. The number of hydrogen-bond donors (Lipinski definition) is 1. The first-order valence-electron chi connectivity index (χ1n) is 5.74. The van der Waals surface area contributed by atoms with Gasteiger partial charge in [-0.15, -0.1) is 11.3 Å². The zero-order chi connectivity index (χ0) is 12.4. The SMILES string of the molecule is Cc1cnccc1-c1nc(C(C)C)c(CN)s1. The maximum atomic E-state index is 5.78. The molecular formula is C13H17N3S. The van der Waals surface area contributed by atoms with E-state index in [1.807, 2.05) is 12.3 Å². The Balaban J connectivity index is 2.51. The van der Waals surface area contributed by atoms with Crippen molar-refractivity contribution in [3.05, 3.63) is 34.6 Å². The summed E-state index contributed by atoms with van der Waals surface area (Å²) in [5.74, 6) is 0.417. The van der Waals surface area contributed by atoms with Crippen LogP contribution in [-0.2, 0) is 6.54 Å². The summed E-state index contributed by atoms with van der Waals surface area (Å²) < 4.78 is 0. The Morgan fingerprint density at radius 3 is 2.71 bits per heavy atom. The molecule has 0 aliphatic carbocycles. The lowest BCUT2D eigenvalue weighted by Gasteiger charge is -2.02. The summed E-state index contributed by atoms with van der Waals surface area (Å²) in [4.78, 5) is 10.0. The van der Waals surface area contributed by atoms with E-state index < -0.39 is 0 Å². The smallest absolute Gasteiger partial charge is 0.124 e. The van der Waals surface area contributed by atoms with Gasteiger partial charge < -0.3 is 5.73 Å². The van der Waals surface area contributed by atoms with Gasteiger partial charge in [-0.25, -0.2) is 4.98 Å². The summed E-state index contributed by atoms with van der Waals surface area (Å²) in [6.07, 6.45) is 3.68. The predicted molar refractivity (Wildman–Crippen MR) is 72.1 cm³/mol. The van der Waals surface area contributed by atoms with E-state index in [2.05, 4.69) is 25.8 Å². The molecule has 4 heteroatoms. The summed E-state index contributed by atoms with van der Waals surface area (Å²) in [6.45, 7) is 6.92. The molecule has 17 heavy (non-hydrogen) atoms. The number of nitrogens with two attached hydrogens (primary N) is 1. The van der Waals surface area contributed by atoms with Crippen LogP contribution in [-0.4, -0.2) is 9.97 Å². The van der Waals surface area contributed by atoms with Gasteiger partial charge in [0, 0.05) is 29.4 Å². The molecule has 0 unspecified atom stereocenters. The van der Waals surface area contributed by atoms with Crippen LogP contribution < -0.4 is 5.73 Å². The van der Waals surface area contributed by atoms with Crippen molar-refractivity contribution >= 4 is 11.3 Å². The van der Waals surface area contributed by atoms with Gasteiger partial charge in [0.15, 0.2) is 0 Å². The lowest BCUT2D eigenvalue weighted by atomic mass is 10.1. The molecule has 0 aliphatic heterocycles. The first-order chi connectivity index (χ1) is 8.13. The number of hydrogen-bond acceptors (Lipinski definition) is 4. The van der Waals surface area contributed by atoms with Crippen LogP contribution in [0.4, 0.5) is 0 Å². The number of aromatic nitrogens is 2. The lowest BCUT2D eigenvalue weighted by molar-refractivity contribution is 0.814. The molecule has 2 heterocycles. The van der Waals surface area contributed by atoms with Crippen molar-refractivity contribution in [2.24, 2.45) is 5.73 Å². The van der Waals surface area contributed by atoms with Crippen LogP contribution in [0.15, 0.2) is 18.5 Å². The fraction of sp³-hybridized carbons (Fsp3) is 0.385. The van der Waals surface area contributed by atoms with Gasteiger partial charge in [0.1, 0.15) is 5.01 Å². The molecule has 2 rings (SSSR count). The molecule has 0 aliphatic rings. The van der Waals surface area contributed by atoms with Crippen LogP contribution >= 0.6 is 11.3 Å². The van der Waals surface area contributed by atoms with Gasteiger partial charge in [-0.1, -0.05) is 13.8 Å². The molecular weight excluding hydrogens is 230 g/mol. The summed E-state index contributed by atoms with van der Waals surface area (Å²) >= 11 is 1.69. The third-order valence-corrected chi connectivity index (χ3v) is 3.84. The average molecular weight is 247 g/mol. The van der Waals surface area contributed by atoms with Crippen LogP contribution in [0.2, 0.25) is 0 Å². The Bertz CT molecular complexity index is 517. The summed E-state index contributed by atoms with van der Waals surface area (Å²) in [5.41, 5.74) is 9.22. The number of nitrogens with zero attached hydrogens (tertiary/aromatic N) is 2. The van der Waals surface area contributed by atoms with E-state index in [4.69, 9.17) is 10.7 Å². The Labute approximate surface area is 106 Å². The van der Waals surface area contributed by atoms with Gasteiger partial charge in [-0.3, -0.25) is 4.98 Å². The Morgan fingerprint density at radius 1 is 1.41 bits per heavy atom. The number of aryl methyl sites for hydroxylation is 1. The van der Waals surface area contributed by atoms with E-state index in [0.29, 0.717) is 12.5 Å². The molecule has 0 aromatic carbocycles. The van der Waals surface area contributed by atoms with E-state index in [1.165, 1.54) is 4.88 Å². The topological polar surface area (TPSA) is 51.8 Å². The van der Waals surface area contributed by atoms with Gasteiger partial charge in [-0.2, -0.15) is 0 Å². The van der Waals surface area contributed by atoms with Crippen LogP contribution in [0, 0.1) is 6.92 Å². The van der Waals surface area contributed by atoms with Crippen LogP contribution in [0.1, 0.15) is 35.9 Å². The minimum absolute atomic E-state index is 0.417. The van der Waals surface area contributed by atoms with E-state index >= 15 is 0 Å². The van der Waals surface area contributed by atoms with Crippen molar-refractivity contribution in [2.75, 3.05) is 0 Å². The minimum atomic E-state index is 0.417. The van der Waals surface area contributed by atoms with Gasteiger partial charge >= 0.3 is 0 Å². The molecule has 0 saturated carbocycles. The van der Waals surface area contributed by atoms with Crippen molar-refractivity contribution < 1.29 is 0 Å². The van der Waals surface area contributed by atoms with Gasteiger partial charge in [0.05, 0.1) is 5.69 Å². The fourth-order valence-corrected chi connectivity index (χ4v) is 2.98. The fourth-order valence-electron chi connectivity index (χ4n) is 1.79. The molecule has 0 atom stereocenters. The van der Waals surface area contributed by atoms with Crippen LogP contribution in [0.3, 0.4) is 0 Å². The highest BCUT2D eigenvalue weighted by atomic mass is 32.1. The normalized spacial score (nSPS) is 11.1. The summed E-state index contributed by atoms with van der Waals surface area (Å²) in [7, 11) is 0. The average Bonchev–Trinajstić information content (AvgIpc) is 2.73. The van der Waals surface area contributed by atoms with Crippen molar-refractivity contribution in [3.8, 4) is 10.6 Å². The second-order valence-corrected chi connectivity index (χ2v) is 5.46. The van der Waals surface area contributed by atoms with E-state index in [0.717, 1.165) is 21.8 Å². The van der Waals surface area contributed by atoms with Crippen molar-refractivity contribution in [2.45, 2.75) is 33.2 Å². The quantitative estimate of drug-likeness (QED) is 0.906. The predicted octanol–water partition coefficient (Wildman–Crippen LogP) is 3.10. The molecule has 2 aromatic rings. The Hall–Kier alpha value is -1.26. The monoisotopic (exact) mass is 247 g/mol. The number of thiazole rings is 1. The highest BCUT2D eigenvalue weighted by Crippen LogP contribution is 2.32. The second kappa shape index (κ2) is 4.94. The van der Waals surface area contributed by atoms with Gasteiger partial charge in [0.25, 0.3) is 0 Å². The van der Waals surface area contributed by atoms with E-state index in [1.54, 1.807) is 17.5 Å². The largest absolute Gasteiger partial charge is 0.326 e. The van der Waals surface area contributed by atoms with Crippen LogP contribution in [0.25, 0.3) is 10.6 Å². The highest BCUT2D eigenvalue weighted by molar-refractivity contribution is 7.15. The lowest BCUT2D eigenvalue weighted by Crippen LogP contribution is -1.99. The van der Waals surface area contributed by atoms with E-state index in [-0.39, 0.29) is 0 Å². The third-order valence-electron chi connectivity index (χ3n) is 2.71. The standard InChI is InChI=1S/C13H17N3S/c1-8(2)12-11(6-14)17-13(16-12)10-4-5-15-7-9(10)3/h4-5,7-8H,6,14H2,1-3H3. The van der Waals surface area contributed by atoms with E-state index in [9.17, 15) is 0 Å². The Morgan fingerprint density at radius 2 is 2.18 bits per heavy atom. The van der Waals surface area contributed by atoms with Crippen molar-refractivity contribution in [3.63, 3.8) is 0 Å². The van der Waals surface area contributed by atoms with Crippen molar-refractivity contribution in [1.29, 1.82) is 0 Å².